The van der Waals surface area contributed by atoms with Gasteiger partial charge in [-0.05, 0) is 147 Å². The Morgan fingerprint density at radius 1 is 0.667 bits per heavy atom. The van der Waals surface area contributed by atoms with Gasteiger partial charge in [0.2, 0.25) is 18.0 Å². The Balaban J connectivity index is 0.00000201. The number of carbonyl (C=O) groups excluding carboxylic acids is 4. The molecule has 0 spiro atoms. The van der Waals surface area contributed by atoms with Crippen molar-refractivity contribution in [2.24, 2.45) is 21.8 Å². The number of nitrogens with zero attached hydrogens (tertiary/aromatic N) is 5. The highest BCUT2D eigenvalue weighted by Gasteiger charge is 2.43. The van der Waals surface area contributed by atoms with Crippen molar-refractivity contribution in [2.45, 2.75) is 113 Å². The van der Waals surface area contributed by atoms with Crippen LogP contribution < -0.4 is 15.4 Å². The molecule has 4 aromatic rings. The van der Waals surface area contributed by atoms with Crippen molar-refractivity contribution in [1.82, 2.24) is 25.0 Å². The molecule has 78 heavy (non-hydrogen) atoms. The summed E-state index contributed by atoms with van der Waals surface area (Å²) in [6.45, 7) is 3.28. The predicted octanol–water partition coefficient (Wildman–Crippen LogP) is 9.43. The van der Waals surface area contributed by atoms with E-state index in [1.54, 1.807) is 23.6 Å². The molecule has 7 aliphatic heterocycles. The second-order valence-electron chi connectivity index (χ2n) is 20.9. The summed E-state index contributed by atoms with van der Waals surface area (Å²) in [5, 5.41) is 6.62. The van der Waals surface area contributed by atoms with Gasteiger partial charge in [0, 0.05) is 86.4 Å². The van der Waals surface area contributed by atoms with Crippen molar-refractivity contribution in [3.63, 3.8) is 0 Å². The lowest BCUT2D eigenvalue weighted by Crippen LogP contribution is -2.55. The Kier molecular flexibility index (Phi) is 19.1. The minimum atomic E-state index is -0.735. The second kappa shape index (κ2) is 25.2. The fourth-order valence-electron chi connectivity index (χ4n) is 12.4. The Labute approximate surface area is 485 Å². The molecular weight excluding hydrogens is 1090 g/mol. The van der Waals surface area contributed by atoms with Gasteiger partial charge in [0.05, 0.1) is 48.0 Å². The molecule has 16 nitrogen and oxygen atoms in total. The van der Waals surface area contributed by atoms with E-state index in [-0.39, 0.29) is 89.7 Å². The number of benzene rings is 2. The van der Waals surface area contributed by atoms with Crippen LogP contribution in [0.4, 0.5) is 14.0 Å². The second-order valence-corrected chi connectivity index (χ2v) is 22.0. The van der Waals surface area contributed by atoms with Gasteiger partial charge in [-0.2, -0.15) is 54.0 Å². The van der Waals surface area contributed by atoms with Gasteiger partial charge < -0.3 is 44.1 Å². The Hall–Kier alpha value is -4.97. The largest absolute Gasteiger partial charge is 0.464 e. The highest BCUT2D eigenvalue weighted by Crippen LogP contribution is 2.50. The molecule has 22 heteroatoms. The zero-order chi connectivity index (χ0) is 50.6. The number of nitrogens with one attached hydrogen (secondary N) is 2. The third-order valence-electron chi connectivity index (χ3n) is 16.5. The molecule has 1 unspecified atom stereocenters. The normalized spacial score (nSPS) is 22.6. The number of aliphatic imine (C=N–C) groups is 2. The first kappa shape index (κ1) is 59.2. The fraction of sp³-hybridized carbons (Fsp3) is 0.500. The number of hydrogen-bond donors (Lipinski definition) is 2. The Morgan fingerprint density at radius 2 is 1.21 bits per heavy atom. The van der Waals surface area contributed by atoms with E-state index < -0.39 is 36.3 Å². The van der Waals surface area contributed by atoms with Crippen molar-refractivity contribution in [3.05, 3.63) is 87.6 Å². The Morgan fingerprint density at radius 3 is 1.74 bits per heavy atom. The molecule has 5 atom stereocenters. The van der Waals surface area contributed by atoms with Crippen LogP contribution in [-0.2, 0) is 28.5 Å². The minimum absolute atomic E-state index is 0. The molecule has 0 bridgehead atoms. The number of allylic oxidation sites excluding steroid dienone is 2. The maximum atomic E-state index is 17.1. The topological polar surface area (TPSA) is 175 Å². The molecule has 1 saturated carbocycles. The molecule has 0 radical (unpaired) electrons. The molecule has 8 aliphatic rings. The van der Waals surface area contributed by atoms with Crippen molar-refractivity contribution in [2.75, 3.05) is 53.7 Å². The summed E-state index contributed by atoms with van der Waals surface area (Å²) in [4.78, 5) is 69.4. The van der Waals surface area contributed by atoms with E-state index in [0.29, 0.717) is 101 Å². The average Bonchev–Trinajstić information content (AvgIpc) is 4.29. The lowest BCUT2D eigenvalue weighted by atomic mass is 9.90. The van der Waals surface area contributed by atoms with Crippen LogP contribution in [0, 0.1) is 17.7 Å². The highest BCUT2D eigenvalue weighted by atomic mass is 32.1. The number of methoxy groups -OCH3 is 2. The number of amides is 4. The number of halogens is 1. The van der Waals surface area contributed by atoms with Crippen LogP contribution in [-0.4, -0.2) is 128 Å². The maximum absolute atomic E-state index is 17.1. The molecule has 4 saturated heterocycles. The molecule has 5 fully saturated rings. The van der Waals surface area contributed by atoms with Gasteiger partial charge in [-0.15, -0.1) is 11.3 Å². The number of fused-ring (bicyclic) bond motifs is 5. The summed E-state index contributed by atoms with van der Waals surface area (Å²) in [7, 11) is 2.61. The number of aromatic nitrogens is 1. The number of hydrogen-bond acceptors (Lipinski definition) is 12. The molecule has 420 valence electrons. The van der Waals surface area contributed by atoms with E-state index in [2.05, 4.69) is 51.6 Å². The van der Waals surface area contributed by atoms with E-state index >= 15 is 4.39 Å². The van der Waals surface area contributed by atoms with Gasteiger partial charge in [0.1, 0.15) is 23.7 Å². The molecule has 2 N–H and O–H groups in total. The lowest BCUT2D eigenvalue weighted by Gasteiger charge is -2.34. The number of likely N-dealkylation sites (tertiary alicyclic amines) is 2. The quantitative estimate of drug-likeness (QED) is 0.140. The highest BCUT2D eigenvalue weighted by molar-refractivity contribution is 7.59. The average molecular weight is 1160 g/mol. The molecule has 2 aromatic carbocycles. The van der Waals surface area contributed by atoms with Crippen LogP contribution in [0.3, 0.4) is 0 Å². The van der Waals surface area contributed by atoms with E-state index in [4.69, 9.17) is 33.7 Å². The van der Waals surface area contributed by atoms with Gasteiger partial charge >= 0.3 is 12.2 Å². The number of rotatable bonds is 12. The first-order valence-corrected chi connectivity index (χ1v) is 27.2. The number of thiophene rings is 1. The van der Waals surface area contributed by atoms with Gasteiger partial charge in [0.25, 0.3) is 0 Å². The zero-order valence-corrected chi connectivity index (χ0v) is 48.6. The van der Waals surface area contributed by atoms with E-state index in [1.165, 1.54) is 31.9 Å². The fourth-order valence-corrected chi connectivity index (χ4v) is 13.6. The van der Waals surface area contributed by atoms with Gasteiger partial charge in [-0.25, -0.2) is 14.0 Å². The smallest absolute Gasteiger partial charge is 0.407 e. The van der Waals surface area contributed by atoms with Crippen molar-refractivity contribution >= 4 is 123 Å². The van der Waals surface area contributed by atoms with Crippen molar-refractivity contribution in [3.8, 4) is 17.0 Å². The summed E-state index contributed by atoms with van der Waals surface area (Å²) in [6.07, 6.45) is 11.1. The zero-order valence-electron chi connectivity index (χ0n) is 43.8. The van der Waals surface area contributed by atoms with Gasteiger partial charge in [-0.1, -0.05) is 6.07 Å². The summed E-state index contributed by atoms with van der Waals surface area (Å²) in [5.41, 5.74) is 7.33. The monoisotopic (exact) mass is 1160 g/mol. The molecule has 4 amide bonds. The van der Waals surface area contributed by atoms with Gasteiger partial charge in [-0.3, -0.25) is 24.1 Å². The number of alkyl carbamates (subject to hydrolysis) is 2. The van der Waals surface area contributed by atoms with Crippen LogP contribution >= 0.6 is 65.3 Å². The molecule has 12 rings (SSSR count). The van der Waals surface area contributed by atoms with Crippen LogP contribution in [0.25, 0.3) is 33.3 Å². The predicted molar refractivity (Wildman–Crippen MR) is 319 cm³/mol. The van der Waals surface area contributed by atoms with E-state index in [9.17, 15) is 19.2 Å². The van der Waals surface area contributed by atoms with Crippen molar-refractivity contribution < 1.29 is 47.3 Å². The minimum Gasteiger partial charge on any atom is -0.464 e. The van der Waals surface area contributed by atoms with Gasteiger partial charge in [0.15, 0.2) is 0 Å². The summed E-state index contributed by atoms with van der Waals surface area (Å²) in [6, 6.07) is 14.4. The number of carbonyl (C=O) groups is 4. The van der Waals surface area contributed by atoms with E-state index in [1.807, 2.05) is 22.1 Å². The Bertz CT molecular complexity index is 3040. The summed E-state index contributed by atoms with van der Waals surface area (Å²) in [5.74, 6) is 0.238. The maximum Gasteiger partial charge on any atom is 0.407 e. The van der Waals surface area contributed by atoms with Crippen LogP contribution in [0.15, 0.2) is 70.9 Å². The molecule has 2 aromatic heterocycles. The third kappa shape index (κ3) is 11.5. The van der Waals surface area contributed by atoms with Crippen LogP contribution in [0.5, 0.6) is 5.75 Å². The standard InChI is InChI=1S/C56H62FN7O9S.4H2S/c1-69-55(67)60-50(32-13-19-71-20-14-32)52(65)62-17-3-5-43(62)40-25-37(29-58-40)34-9-10-42-36(23-34)27-45-49-39(57)24-35(28-46(49)73-54(64(42)45)48-12-11-47(74-48)31-7-8-31)38-26-41(59-30-38)44-6-4-18-63(44)53(66)51(61-56(68)70-2)33-15-21-72-22-16-33;;;;/h9-12,23-24,27-33,43-44,50-51,54H,3-8,13-22,25-26H2,1-2H3,(H,60,67)(H,61,68);4*1H2/t43-,44-,50-,51-,54?;;;;/m0..../s1. The van der Waals surface area contributed by atoms with Crippen molar-refractivity contribution in [1.29, 1.82) is 0 Å². The molecule has 9 heterocycles. The molecular formula is C56H70FN7O9S5. The summed E-state index contributed by atoms with van der Waals surface area (Å²) < 4.78 is 47.2. The summed E-state index contributed by atoms with van der Waals surface area (Å²) >= 11 is 1.75. The van der Waals surface area contributed by atoms with E-state index in [0.717, 1.165) is 75.3 Å². The first-order chi connectivity index (χ1) is 36.1. The first-order valence-electron chi connectivity index (χ1n) is 26.4. The lowest BCUT2D eigenvalue weighted by molar-refractivity contribution is -0.136. The van der Waals surface area contributed by atoms with Crippen LogP contribution in [0.2, 0.25) is 0 Å². The SMILES string of the molecule is COC(=O)N[C@H](C(=O)N1CCC[C@H]1C1=NC=C(c2cc(F)c3c(c2)OC(c2ccc(C4CC4)s2)n2c-3cc3cc(C4=CN=C([C@@H]5CCCN5C(=O)[C@@H](NC(=O)OC)C5CCOCC5)C4)ccc32)C1)C1CCOCC1.S.S.S.S. The third-order valence-corrected chi connectivity index (χ3v) is 17.8. The molecule has 1 aliphatic carbocycles. The van der Waals surface area contributed by atoms with Crippen LogP contribution in [0.1, 0.15) is 110 Å². The number of ether oxygens (including phenoxy) is 5.